The summed E-state index contributed by atoms with van der Waals surface area (Å²) in [7, 11) is 0. The highest BCUT2D eigenvalue weighted by Gasteiger charge is 2.15. The third-order valence-electron chi connectivity index (χ3n) is 5.43. The third kappa shape index (κ3) is 6.75. The molecule has 0 radical (unpaired) electrons. The van der Waals surface area contributed by atoms with Gasteiger partial charge in [0.15, 0.2) is 0 Å². The van der Waals surface area contributed by atoms with Gasteiger partial charge in [-0.2, -0.15) is 0 Å². The van der Waals surface area contributed by atoms with Crippen LogP contribution in [0.4, 0.5) is 5.69 Å². The van der Waals surface area contributed by atoms with E-state index in [0.717, 1.165) is 49.6 Å². The summed E-state index contributed by atoms with van der Waals surface area (Å²) in [6, 6.07) is 12.7. The fourth-order valence-corrected chi connectivity index (χ4v) is 3.90. The van der Waals surface area contributed by atoms with Crippen LogP contribution < -0.4 is 16.0 Å². The van der Waals surface area contributed by atoms with Crippen molar-refractivity contribution in [2.24, 2.45) is 5.41 Å². The fraction of sp³-hybridized carbons (Fsp3) is 0.480. The first kappa shape index (κ1) is 22.6. The lowest BCUT2D eigenvalue weighted by Gasteiger charge is -2.18. The van der Waals surface area contributed by atoms with Gasteiger partial charge < -0.3 is 16.0 Å². The predicted molar refractivity (Wildman–Crippen MR) is 126 cm³/mol. The Morgan fingerprint density at radius 3 is 2.47 bits per heavy atom. The van der Waals surface area contributed by atoms with Gasteiger partial charge in [0.2, 0.25) is 5.91 Å². The molecule has 162 valence electrons. The van der Waals surface area contributed by atoms with Crippen LogP contribution >= 0.6 is 11.6 Å². The van der Waals surface area contributed by atoms with E-state index in [1.807, 2.05) is 6.07 Å². The number of hydrogen-bond acceptors (Lipinski definition) is 3. The maximum Gasteiger partial charge on any atom is 0.220 e. The number of rotatable bonds is 7. The summed E-state index contributed by atoms with van der Waals surface area (Å²) in [5.74, 6) is 0.115. The smallest absolute Gasteiger partial charge is 0.220 e. The van der Waals surface area contributed by atoms with Gasteiger partial charge in [-0.1, -0.05) is 62.7 Å². The molecular weight excluding hydrogens is 394 g/mol. The minimum Gasteiger partial charge on any atom is -0.380 e. The van der Waals surface area contributed by atoms with Crippen LogP contribution in [-0.2, 0) is 30.6 Å². The van der Waals surface area contributed by atoms with Gasteiger partial charge in [-0.15, -0.1) is 0 Å². The van der Waals surface area contributed by atoms with E-state index in [2.05, 4.69) is 67.1 Å². The summed E-state index contributed by atoms with van der Waals surface area (Å²) in [6.45, 7) is 9.81. The van der Waals surface area contributed by atoms with Gasteiger partial charge in [-0.25, -0.2) is 0 Å². The average Bonchev–Trinajstić information content (AvgIpc) is 2.96. The standard InChI is InChI=1S/C25H34ClN3O/c1-25(2,3)17-29-23(30)11-8-18-4-6-19(7-5-18)16-28-24-21-13-15-27-14-12-20(21)9-10-22(24)26/h4-7,9-10,27-28H,8,11-17H2,1-3H3,(H,29,30). The van der Waals surface area contributed by atoms with Gasteiger partial charge >= 0.3 is 0 Å². The van der Waals surface area contributed by atoms with E-state index >= 15 is 0 Å². The van der Waals surface area contributed by atoms with Crippen LogP contribution in [0.2, 0.25) is 5.02 Å². The van der Waals surface area contributed by atoms with Crippen LogP contribution in [0.5, 0.6) is 0 Å². The largest absolute Gasteiger partial charge is 0.380 e. The van der Waals surface area contributed by atoms with Gasteiger partial charge in [0.05, 0.1) is 10.7 Å². The number of hydrogen-bond donors (Lipinski definition) is 3. The number of fused-ring (bicyclic) bond motifs is 1. The topological polar surface area (TPSA) is 53.2 Å². The molecule has 0 bridgehead atoms. The monoisotopic (exact) mass is 427 g/mol. The zero-order chi connectivity index (χ0) is 21.6. The molecule has 0 aromatic heterocycles. The van der Waals surface area contributed by atoms with Crippen molar-refractivity contribution in [3.8, 4) is 0 Å². The van der Waals surface area contributed by atoms with E-state index in [1.54, 1.807) is 0 Å². The summed E-state index contributed by atoms with van der Waals surface area (Å²) in [5, 5.41) is 10.8. The summed E-state index contributed by atoms with van der Waals surface area (Å²) in [4.78, 5) is 12.0. The van der Waals surface area contributed by atoms with Crippen molar-refractivity contribution in [3.05, 3.63) is 63.7 Å². The maximum atomic E-state index is 12.0. The van der Waals surface area contributed by atoms with Crippen molar-refractivity contribution < 1.29 is 4.79 Å². The molecule has 0 aliphatic carbocycles. The van der Waals surface area contributed by atoms with Gasteiger partial charge in [0.1, 0.15) is 0 Å². The molecule has 3 rings (SSSR count). The third-order valence-corrected chi connectivity index (χ3v) is 5.75. The molecule has 0 unspecified atom stereocenters. The molecule has 1 heterocycles. The Morgan fingerprint density at radius 2 is 1.73 bits per heavy atom. The molecule has 1 aliphatic heterocycles. The van der Waals surface area contributed by atoms with Crippen LogP contribution in [0.15, 0.2) is 36.4 Å². The lowest BCUT2D eigenvalue weighted by Crippen LogP contribution is -2.32. The second kappa shape index (κ2) is 10.3. The van der Waals surface area contributed by atoms with Crippen molar-refractivity contribution in [2.75, 3.05) is 25.0 Å². The highest BCUT2D eigenvalue weighted by molar-refractivity contribution is 6.33. The quantitative estimate of drug-likeness (QED) is 0.598. The molecule has 5 heteroatoms. The van der Waals surface area contributed by atoms with Gasteiger partial charge in [0, 0.05) is 19.5 Å². The second-order valence-corrected chi connectivity index (χ2v) is 9.72. The summed E-state index contributed by atoms with van der Waals surface area (Å²) >= 11 is 6.51. The molecule has 3 N–H and O–H groups in total. The molecule has 0 atom stereocenters. The van der Waals surface area contributed by atoms with Crippen LogP contribution in [-0.4, -0.2) is 25.5 Å². The summed E-state index contributed by atoms with van der Waals surface area (Å²) in [5.41, 5.74) is 6.29. The first-order chi connectivity index (χ1) is 14.3. The number of carbonyl (C=O) groups excluding carboxylic acids is 1. The molecule has 0 saturated heterocycles. The Labute approximate surface area is 185 Å². The molecule has 2 aromatic rings. The molecule has 1 amide bonds. The van der Waals surface area contributed by atoms with E-state index < -0.39 is 0 Å². The average molecular weight is 428 g/mol. The number of carbonyl (C=O) groups is 1. The van der Waals surface area contributed by atoms with E-state index in [-0.39, 0.29) is 11.3 Å². The minimum atomic E-state index is 0.112. The van der Waals surface area contributed by atoms with Crippen molar-refractivity contribution in [1.29, 1.82) is 0 Å². The molecule has 0 saturated carbocycles. The number of halogens is 1. The molecule has 1 aliphatic rings. The molecule has 4 nitrogen and oxygen atoms in total. The summed E-state index contributed by atoms with van der Waals surface area (Å²) in [6.07, 6.45) is 3.32. The second-order valence-electron chi connectivity index (χ2n) is 9.32. The highest BCUT2D eigenvalue weighted by Crippen LogP contribution is 2.31. The zero-order valence-corrected chi connectivity index (χ0v) is 19.2. The molecule has 2 aromatic carbocycles. The molecule has 30 heavy (non-hydrogen) atoms. The van der Waals surface area contributed by atoms with Crippen molar-refractivity contribution in [2.45, 2.75) is 53.0 Å². The maximum absolute atomic E-state index is 12.0. The SMILES string of the molecule is CC(C)(C)CNC(=O)CCc1ccc(CNc2c(Cl)ccc3c2CCNCC3)cc1. The number of anilines is 1. The van der Waals surface area contributed by atoms with Crippen molar-refractivity contribution >= 4 is 23.2 Å². The van der Waals surface area contributed by atoms with Crippen molar-refractivity contribution in [1.82, 2.24) is 10.6 Å². The Morgan fingerprint density at radius 1 is 1.03 bits per heavy atom. The van der Waals surface area contributed by atoms with E-state index in [4.69, 9.17) is 11.6 Å². The van der Waals surface area contributed by atoms with Gasteiger partial charge in [-0.3, -0.25) is 4.79 Å². The first-order valence-corrected chi connectivity index (χ1v) is 11.3. The summed E-state index contributed by atoms with van der Waals surface area (Å²) < 4.78 is 0. The molecule has 0 spiro atoms. The number of benzene rings is 2. The molecular formula is C25H34ClN3O. The normalized spacial score (nSPS) is 14.0. The first-order valence-electron chi connectivity index (χ1n) is 10.9. The Hall–Kier alpha value is -2.04. The highest BCUT2D eigenvalue weighted by atomic mass is 35.5. The number of aryl methyl sites for hydroxylation is 1. The van der Waals surface area contributed by atoms with Crippen LogP contribution in [0.3, 0.4) is 0 Å². The van der Waals surface area contributed by atoms with Crippen LogP contribution in [0, 0.1) is 5.41 Å². The van der Waals surface area contributed by atoms with Crippen LogP contribution in [0.25, 0.3) is 0 Å². The lowest BCUT2D eigenvalue weighted by atomic mass is 9.97. The Bertz CT molecular complexity index is 856. The van der Waals surface area contributed by atoms with Crippen LogP contribution in [0.1, 0.15) is 49.4 Å². The zero-order valence-electron chi connectivity index (χ0n) is 18.4. The van der Waals surface area contributed by atoms with Gasteiger partial charge in [-0.05, 0) is 66.1 Å². The number of amides is 1. The molecule has 0 fully saturated rings. The van der Waals surface area contributed by atoms with Gasteiger partial charge in [0.25, 0.3) is 0 Å². The van der Waals surface area contributed by atoms with Crippen molar-refractivity contribution in [3.63, 3.8) is 0 Å². The van der Waals surface area contributed by atoms with E-state index in [0.29, 0.717) is 13.0 Å². The Kier molecular flexibility index (Phi) is 7.79. The Balaban J connectivity index is 1.54. The number of nitrogens with one attached hydrogen (secondary N) is 3. The van der Waals surface area contributed by atoms with E-state index in [1.165, 1.54) is 22.3 Å². The minimum absolute atomic E-state index is 0.112. The predicted octanol–water partition coefficient (Wildman–Crippen LogP) is 4.74. The fourth-order valence-electron chi connectivity index (χ4n) is 3.66. The lowest BCUT2D eigenvalue weighted by molar-refractivity contribution is -0.121. The van der Waals surface area contributed by atoms with E-state index in [9.17, 15) is 4.79 Å².